The molecule has 2 heterocycles. The van der Waals surface area contributed by atoms with E-state index < -0.39 is 15.9 Å². The first-order chi connectivity index (χ1) is 15.8. The molecule has 1 aliphatic heterocycles. The van der Waals surface area contributed by atoms with Crippen LogP contribution in [0, 0.1) is 13.8 Å². The molecule has 0 bridgehead atoms. The summed E-state index contributed by atoms with van der Waals surface area (Å²) in [5.41, 5.74) is 2.89. The summed E-state index contributed by atoms with van der Waals surface area (Å²) in [6.07, 6.45) is 0. The Balaban J connectivity index is 1.58. The third kappa shape index (κ3) is 4.96. The highest BCUT2D eigenvalue weighted by Gasteiger charge is 2.27. The molecule has 2 aromatic carbocycles. The number of aromatic nitrogens is 2. The van der Waals surface area contributed by atoms with Crippen LogP contribution < -0.4 is 5.32 Å². The Morgan fingerprint density at radius 2 is 1.82 bits per heavy atom. The van der Waals surface area contributed by atoms with Gasteiger partial charge in [-0.15, -0.1) is 0 Å². The third-order valence-corrected chi connectivity index (χ3v) is 7.81. The minimum absolute atomic E-state index is 0.118. The first-order valence-corrected chi connectivity index (χ1v) is 12.4. The van der Waals surface area contributed by atoms with Gasteiger partial charge in [0.05, 0.1) is 35.9 Å². The maximum atomic E-state index is 13.1. The number of sulfonamides is 1. The van der Waals surface area contributed by atoms with Crippen LogP contribution >= 0.6 is 11.6 Å². The summed E-state index contributed by atoms with van der Waals surface area (Å²) in [6.45, 7) is 5.27. The van der Waals surface area contributed by atoms with Crippen molar-refractivity contribution in [2.24, 2.45) is 0 Å². The first-order valence-electron chi connectivity index (χ1n) is 10.5. The van der Waals surface area contributed by atoms with Gasteiger partial charge < -0.3 is 10.1 Å². The Morgan fingerprint density at radius 1 is 1.12 bits per heavy atom. The van der Waals surface area contributed by atoms with Gasteiger partial charge >= 0.3 is 0 Å². The predicted octanol–water partition coefficient (Wildman–Crippen LogP) is 3.47. The van der Waals surface area contributed by atoms with Gasteiger partial charge in [-0.25, -0.2) is 13.1 Å². The molecule has 0 aliphatic carbocycles. The maximum absolute atomic E-state index is 13.1. The van der Waals surface area contributed by atoms with Crippen molar-refractivity contribution < 1.29 is 17.9 Å². The Labute approximate surface area is 198 Å². The number of morpholine rings is 1. The number of nitrogens with one attached hydrogen (secondary N) is 1. The van der Waals surface area contributed by atoms with Gasteiger partial charge in [-0.3, -0.25) is 4.79 Å². The quantitative estimate of drug-likeness (QED) is 0.573. The van der Waals surface area contributed by atoms with Gasteiger partial charge in [0, 0.05) is 18.8 Å². The average molecular weight is 489 g/mol. The molecule has 1 aliphatic rings. The van der Waals surface area contributed by atoms with E-state index in [2.05, 4.69) is 10.4 Å². The highest BCUT2D eigenvalue weighted by Crippen LogP contribution is 2.26. The highest BCUT2D eigenvalue weighted by atomic mass is 35.5. The zero-order valence-corrected chi connectivity index (χ0v) is 20.0. The summed E-state index contributed by atoms with van der Waals surface area (Å²) in [6, 6.07) is 14.4. The van der Waals surface area contributed by atoms with Crippen molar-refractivity contribution in [1.29, 1.82) is 0 Å². The van der Waals surface area contributed by atoms with Crippen molar-refractivity contribution in [2.45, 2.75) is 25.3 Å². The molecule has 0 radical (unpaired) electrons. The summed E-state index contributed by atoms with van der Waals surface area (Å²) in [7, 11) is -3.69. The number of rotatable bonds is 6. The fourth-order valence-electron chi connectivity index (χ4n) is 3.69. The van der Waals surface area contributed by atoms with Crippen molar-refractivity contribution in [3.8, 4) is 0 Å². The van der Waals surface area contributed by atoms with Gasteiger partial charge in [0.15, 0.2) is 0 Å². The molecule has 1 fully saturated rings. The minimum atomic E-state index is -3.69. The zero-order valence-electron chi connectivity index (χ0n) is 18.4. The van der Waals surface area contributed by atoms with Crippen LogP contribution in [0.15, 0.2) is 53.4 Å². The van der Waals surface area contributed by atoms with Crippen LogP contribution in [-0.4, -0.2) is 54.7 Å². The normalized spacial score (nSPS) is 14.9. The topological polar surface area (TPSA) is 93.5 Å². The molecule has 33 heavy (non-hydrogen) atoms. The van der Waals surface area contributed by atoms with E-state index in [-0.39, 0.29) is 15.6 Å². The lowest BCUT2D eigenvalue weighted by Gasteiger charge is -2.26. The van der Waals surface area contributed by atoms with E-state index in [9.17, 15) is 13.2 Å². The summed E-state index contributed by atoms with van der Waals surface area (Å²) < 4.78 is 34.3. The van der Waals surface area contributed by atoms with Crippen LogP contribution in [0.3, 0.4) is 0 Å². The fourth-order valence-corrected chi connectivity index (χ4v) is 5.44. The van der Waals surface area contributed by atoms with Crippen LogP contribution in [-0.2, 0) is 21.3 Å². The Kier molecular flexibility index (Phi) is 6.85. The molecule has 0 atom stereocenters. The molecule has 1 saturated heterocycles. The number of carbonyl (C=O) groups excluding carboxylic acids is 1. The van der Waals surface area contributed by atoms with Crippen molar-refractivity contribution in [2.75, 3.05) is 31.6 Å². The van der Waals surface area contributed by atoms with Crippen LogP contribution in [0.2, 0.25) is 5.15 Å². The molecule has 1 amide bonds. The maximum Gasteiger partial charge on any atom is 0.260 e. The molecule has 0 unspecified atom stereocenters. The first kappa shape index (κ1) is 23.4. The number of benzene rings is 2. The van der Waals surface area contributed by atoms with Crippen LogP contribution in [0.4, 0.5) is 5.69 Å². The lowest BCUT2D eigenvalue weighted by atomic mass is 10.2. The van der Waals surface area contributed by atoms with E-state index in [1.54, 1.807) is 30.7 Å². The molecule has 0 spiro atoms. The molecular formula is C23H25ClN4O4S. The smallest absolute Gasteiger partial charge is 0.260 e. The summed E-state index contributed by atoms with van der Waals surface area (Å²) >= 11 is 6.51. The number of anilines is 1. The number of hydrogen-bond donors (Lipinski definition) is 1. The predicted molar refractivity (Wildman–Crippen MR) is 126 cm³/mol. The van der Waals surface area contributed by atoms with Crippen molar-refractivity contribution in [3.05, 3.63) is 76.1 Å². The van der Waals surface area contributed by atoms with E-state index in [0.29, 0.717) is 44.2 Å². The van der Waals surface area contributed by atoms with Gasteiger partial charge in [0.1, 0.15) is 5.15 Å². The van der Waals surface area contributed by atoms with Crippen molar-refractivity contribution >= 4 is 33.2 Å². The summed E-state index contributed by atoms with van der Waals surface area (Å²) in [4.78, 5) is 13.2. The van der Waals surface area contributed by atoms with Crippen LogP contribution in [0.1, 0.15) is 27.2 Å². The van der Waals surface area contributed by atoms with Gasteiger partial charge in [-0.05, 0) is 37.1 Å². The summed E-state index contributed by atoms with van der Waals surface area (Å²) in [5, 5.41) is 7.46. The molecule has 1 aromatic heterocycles. The second-order valence-electron chi connectivity index (χ2n) is 7.84. The molecule has 3 aromatic rings. The van der Waals surface area contributed by atoms with Gasteiger partial charge in [0.2, 0.25) is 10.0 Å². The van der Waals surface area contributed by atoms with Gasteiger partial charge in [-0.2, -0.15) is 9.40 Å². The highest BCUT2D eigenvalue weighted by molar-refractivity contribution is 7.89. The second-order valence-corrected chi connectivity index (χ2v) is 10.1. The Morgan fingerprint density at radius 3 is 2.52 bits per heavy atom. The standard InChI is InChI=1S/C23H25ClN4O4S/c1-16-8-9-19(33(30,31)27-10-12-32-13-11-27)14-20(16)25-23(29)21-17(2)26-28(22(21)24)15-18-6-4-3-5-7-18/h3-9,14H,10-13,15H2,1-2H3,(H,25,29). The fraction of sp³-hybridized carbons (Fsp3) is 0.304. The van der Waals surface area contributed by atoms with Gasteiger partial charge in [-0.1, -0.05) is 48.0 Å². The molecule has 8 nitrogen and oxygen atoms in total. The minimum Gasteiger partial charge on any atom is -0.379 e. The van der Waals surface area contributed by atoms with Crippen LogP contribution in [0.25, 0.3) is 0 Å². The Bertz CT molecular complexity index is 1270. The lowest BCUT2D eigenvalue weighted by Crippen LogP contribution is -2.40. The van der Waals surface area contributed by atoms with Gasteiger partial charge in [0.25, 0.3) is 5.91 Å². The van der Waals surface area contributed by atoms with Crippen molar-refractivity contribution in [1.82, 2.24) is 14.1 Å². The van der Waals surface area contributed by atoms with E-state index in [4.69, 9.17) is 16.3 Å². The number of nitrogens with zero attached hydrogens (tertiary/aromatic N) is 3. The van der Waals surface area contributed by atoms with Crippen molar-refractivity contribution in [3.63, 3.8) is 0 Å². The van der Waals surface area contributed by atoms with E-state index >= 15 is 0 Å². The zero-order chi connectivity index (χ0) is 23.6. The van der Waals surface area contributed by atoms with E-state index in [1.165, 1.54) is 10.4 Å². The molecule has 1 N–H and O–H groups in total. The molecular weight excluding hydrogens is 464 g/mol. The number of aryl methyl sites for hydroxylation is 2. The second kappa shape index (κ2) is 9.64. The molecule has 4 rings (SSSR count). The molecule has 0 saturated carbocycles. The SMILES string of the molecule is Cc1ccc(S(=O)(=O)N2CCOCC2)cc1NC(=O)c1c(C)nn(Cc2ccccc2)c1Cl. The van der Waals surface area contributed by atoms with Crippen LogP contribution in [0.5, 0.6) is 0 Å². The number of ether oxygens (including phenoxy) is 1. The van der Waals surface area contributed by atoms with E-state index in [0.717, 1.165) is 11.1 Å². The number of hydrogen-bond acceptors (Lipinski definition) is 5. The monoisotopic (exact) mass is 488 g/mol. The number of halogens is 1. The Hall–Kier alpha value is -2.72. The molecule has 10 heteroatoms. The average Bonchev–Trinajstić information content (AvgIpc) is 3.09. The molecule has 174 valence electrons. The van der Waals surface area contributed by atoms with E-state index in [1.807, 2.05) is 30.3 Å². The number of amides is 1. The largest absolute Gasteiger partial charge is 0.379 e. The number of carbonyl (C=O) groups is 1. The lowest BCUT2D eigenvalue weighted by molar-refractivity contribution is 0.0730. The summed E-state index contributed by atoms with van der Waals surface area (Å²) in [5.74, 6) is -0.444. The third-order valence-electron chi connectivity index (χ3n) is 5.53.